The fraction of sp³-hybridized carbons (Fsp3) is 0.867. The van der Waals surface area contributed by atoms with Gasteiger partial charge in [-0.05, 0) is 24.7 Å². The van der Waals surface area contributed by atoms with Gasteiger partial charge in [-0.2, -0.15) is 11.8 Å². The van der Waals surface area contributed by atoms with Crippen LogP contribution in [0.25, 0.3) is 0 Å². The van der Waals surface area contributed by atoms with E-state index in [0.717, 1.165) is 11.7 Å². The van der Waals surface area contributed by atoms with Crippen LogP contribution in [-0.4, -0.2) is 52.6 Å². The van der Waals surface area contributed by atoms with Crippen molar-refractivity contribution in [3.05, 3.63) is 0 Å². The average Bonchev–Trinajstić information content (AvgIpc) is 2.53. The van der Waals surface area contributed by atoms with Crippen molar-refractivity contribution in [2.75, 3.05) is 24.6 Å². The number of amides is 2. The maximum atomic E-state index is 12.2. The molecule has 2 rings (SSSR count). The van der Waals surface area contributed by atoms with Gasteiger partial charge in [0.2, 0.25) is 0 Å². The second-order valence-corrected chi connectivity index (χ2v) is 7.25. The Labute approximate surface area is 130 Å². The summed E-state index contributed by atoms with van der Waals surface area (Å²) in [6.45, 7) is 3.45. The maximum Gasteiger partial charge on any atom is 0.327 e. The van der Waals surface area contributed by atoms with Crippen molar-refractivity contribution >= 4 is 23.8 Å². The van der Waals surface area contributed by atoms with Crippen LogP contribution in [0.2, 0.25) is 0 Å². The third-order valence-corrected chi connectivity index (χ3v) is 5.78. The third-order valence-electron chi connectivity index (χ3n) is 4.76. The molecule has 2 N–H and O–H groups in total. The lowest BCUT2D eigenvalue weighted by molar-refractivity contribution is -0.141. The number of hydrogen-bond acceptors (Lipinski definition) is 3. The molecular weight excluding hydrogens is 288 g/mol. The van der Waals surface area contributed by atoms with Crippen LogP contribution < -0.4 is 5.32 Å². The lowest BCUT2D eigenvalue weighted by Crippen LogP contribution is -2.54. The largest absolute Gasteiger partial charge is 0.480 e. The highest BCUT2D eigenvalue weighted by atomic mass is 32.2. The van der Waals surface area contributed by atoms with E-state index in [1.165, 1.54) is 37.0 Å². The highest BCUT2D eigenvalue weighted by molar-refractivity contribution is 7.99. The Morgan fingerprint density at radius 1 is 1.24 bits per heavy atom. The van der Waals surface area contributed by atoms with Gasteiger partial charge in [-0.1, -0.05) is 26.2 Å². The molecule has 0 spiro atoms. The van der Waals surface area contributed by atoms with Gasteiger partial charge in [0.25, 0.3) is 0 Å². The van der Waals surface area contributed by atoms with E-state index in [9.17, 15) is 14.7 Å². The van der Waals surface area contributed by atoms with Gasteiger partial charge < -0.3 is 15.3 Å². The van der Waals surface area contributed by atoms with Crippen LogP contribution in [0.3, 0.4) is 0 Å². The first-order valence-corrected chi connectivity index (χ1v) is 9.12. The summed E-state index contributed by atoms with van der Waals surface area (Å²) in [6, 6.07) is -0.889. The zero-order chi connectivity index (χ0) is 15.2. The Morgan fingerprint density at radius 2 is 1.90 bits per heavy atom. The van der Waals surface area contributed by atoms with Crippen molar-refractivity contribution in [2.45, 2.75) is 45.1 Å². The number of nitrogens with zero attached hydrogens (tertiary/aromatic N) is 1. The van der Waals surface area contributed by atoms with Gasteiger partial charge in [0.1, 0.15) is 6.04 Å². The van der Waals surface area contributed by atoms with Gasteiger partial charge in [-0.15, -0.1) is 0 Å². The molecule has 0 aromatic carbocycles. The monoisotopic (exact) mass is 314 g/mol. The van der Waals surface area contributed by atoms with Gasteiger partial charge in [0, 0.05) is 24.6 Å². The molecule has 1 atom stereocenters. The molecule has 21 heavy (non-hydrogen) atoms. The van der Waals surface area contributed by atoms with Crippen LogP contribution in [0.4, 0.5) is 4.79 Å². The second-order valence-electron chi connectivity index (χ2n) is 6.10. The highest BCUT2D eigenvalue weighted by Crippen LogP contribution is 2.30. The van der Waals surface area contributed by atoms with Crippen molar-refractivity contribution in [3.8, 4) is 0 Å². The van der Waals surface area contributed by atoms with E-state index in [1.807, 2.05) is 0 Å². The zero-order valence-electron chi connectivity index (χ0n) is 12.7. The number of carboxylic acid groups (broad SMARTS) is 1. The molecule has 1 unspecified atom stereocenters. The van der Waals surface area contributed by atoms with Gasteiger partial charge in [0.05, 0.1) is 0 Å². The number of carbonyl (C=O) groups is 2. The van der Waals surface area contributed by atoms with Crippen molar-refractivity contribution in [2.24, 2.45) is 11.8 Å². The van der Waals surface area contributed by atoms with E-state index >= 15 is 0 Å². The zero-order valence-corrected chi connectivity index (χ0v) is 13.5. The number of carbonyl (C=O) groups excluding carboxylic acids is 1. The minimum atomic E-state index is -0.902. The number of carboxylic acids is 1. The van der Waals surface area contributed by atoms with Crippen molar-refractivity contribution in [1.82, 2.24) is 10.2 Å². The number of nitrogens with one attached hydrogen (secondary N) is 1. The smallest absolute Gasteiger partial charge is 0.327 e. The summed E-state index contributed by atoms with van der Waals surface area (Å²) < 4.78 is 0. The average molecular weight is 314 g/mol. The summed E-state index contributed by atoms with van der Waals surface area (Å²) in [4.78, 5) is 24.9. The normalized spacial score (nSPS) is 30.0. The molecule has 2 fully saturated rings. The standard InChI is InChI=1S/C15H26N2O3S/c1-2-11-3-5-12(6-4-11)9-16-15(20)17-7-8-21-10-13(17)14(18)19/h11-13H,2-10H2,1H3,(H,16,20)(H,18,19). The predicted molar refractivity (Wildman–Crippen MR) is 84.6 cm³/mol. The van der Waals surface area contributed by atoms with E-state index in [-0.39, 0.29) is 6.03 Å². The number of aliphatic carboxylic acids is 1. The van der Waals surface area contributed by atoms with Crippen LogP contribution >= 0.6 is 11.8 Å². The Bertz CT molecular complexity index is 370. The highest BCUT2D eigenvalue weighted by Gasteiger charge is 2.32. The summed E-state index contributed by atoms with van der Waals surface area (Å²) in [5.41, 5.74) is 0. The van der Waals surface area contributed by atoms with E-state index in [1.54, 1.807) is 11.8 Å². The van der Waals surface area contributed by atoms with Crippen molar-refractivity contribution in [1.29, 1.82) is 0 Å². The molecule has 0 bridgehead atoms. The molecule has 1 aliphatic heterocycles. The lowest BCUT2D eigenvalue weighted by atomic mass is 9.81. The summed E-state index contributed by atoms with van der Waals surface area (Å²) in [5.74, 6) is 1.82. The molecule has 1 saturated carbocycles. The van der Waals surface area contributed by atoms with Crippen molar-refractivity contribution in [3.63, 3.8) is 0 Å². The number of urea groups is 1. The van der Waals surface area contributed by atoms with Gasteiger partial charge >= 0.3 is 12.0 Å². The Kier molecular flexibility index (Phi) is 6.21. The molecule has 2 amide bonds. The molecule has 2 aliphatic rings. The summed E-state index contributed by atoms with van der Waals surface area (Å²) >= 11 is 1.60. The summed E-state index contributed by atoms with van der Waals surface area (Å²) in [7, 11) is 0. The Morgan fingerprint density at radius 3 is 2.52 bits per heavy atom. The minimum absolute atomic E-state index is 0.208. The van der Waals surface area contributed by atoms with Gasteiger partial charge in [-0.3, -0.25) is 0 Å². The molecule has 120 valence electrons. The topological polar surface area (TPSA) is 69.6 Å². The predicted octanol–water partition coefficient (Wildman–Crippen LogP) is 2.41. The second kappa shape index (κ2) is 7.92. The van der Waals surface area contributed by atoms with Crippen LogP contribution in [0.1, 0.15) is 39.0 Å². The minimum Gasteiger partial charge on any atom is -0.480 e. The Balaban J connectivity index is 1.77. The molecule has 1 heterocycles. The number of hydrogen-bond donors (Lipinski definition) is 2. The van der Waals surface area contributed by atoms with Crippen LogP contribution in [0.5, 0.6) is 0 Å². The molecule has 1 aliphatic carbocycles. The Hall–Kier alpha value is -0.910. The number of rotatable bonds is 4. The SMILES string of the molecule is CCC1CCC(CNC(=O)N2CCSCC2C(=O)O)CC1. The van der Waals surface area contributed by atoms with E-state index in [2.05, 4.69) is 12.2 Å². The summed E-state index contributed by atoms with van der Waals surface area (Å²) in [6.07, 6.45) is 6.13. The quantitative estimate of drug-likeness (QED) is 0.836. The van der Waals surface area contributed by atoms with Crippen LogP contribution in [0, 0.1) is 11.8 Å². The van der Waals surface area contributed by atoms with Crippen LogP contribution in [0.15, 0.2) is 0 Å². The van der Waals surface area contributed by atoms with E-state index in [4.69, 9.17) is 0 Å². The molecule has 0 aromatic rings. The first kappa shape index (κ1) is 16.5. The van der Waals surface area contributed by atoms with Gasteiger partial charge in [0.15, 0.2) is 0 Å². The van der Waals surface area contributed by atoms with E-state index < -0.39 is 12.0 Å². The molecule has 1 saturated heterocycles. The lowest BCUT2D eigenvalue weighted by Gasteiger charge is -2.33. The van der Waals surface area contributed by atoms with Gasteiger partial charge in [-0.25, -0.2) is 9.59 Å². The van der Waals surface area contributed by atoms with Crippen LogP contribution in [-0.2, 0) is 4.79 Å². The summed E-state index contributed by atoms with van der Waals surface area (Å²) in [5, 5.41) is 12.1. The fourth-order valence-corrected chi connectivity index (χ4v) is 4.27. The van der Waals surface area contributed by atoms with E-state index in [0.29, 0.717) is 24.8 Å². The number of thioether (sulfide) groups is 1. The van der Waals surface area contributed by atoms with Crippen molar-refractivity contribution < 1.29 is 14.7 Å². The molecule has 0 radical (unpaired) electrons. The molecular formula is C15H26N2O3S. The third kappa shape index (κ3) is 4.53. The maximum absolute atomic E-state index is 12.2. The molecule has 0 aromatic heterocycles. The first-order valence-electron chi connectivity index (χ1n) is 7.96. The molecule has 5 nitrogen and oxygen atoms in total. The first-order chi connectivity index (χ1) is 10.1. The fourth-order valence-electron chi connectivity index (χ4n) is 3.23. The molecule has 6 heteroatoms.